The number of hydrogen-bond acceptors (Lipinski definition) is 5. The van der Waals surface area contributed by atoms with Crippen LogP contribution in [0.1, 0.15) is 54.6 Å². The van der Waals surface area contributed by atoms with Crippen molar-refractivity contribution in [3.05, 3.63) is 47.0 Å². The predicted molar refractivity (Wildman–Crippen MR) is 110 cm³/mol. The molecule has 1 aromatic carbocycles. The average molecular weight is 440 g/mol. The van der Waals surface area contributed by atoms with Crippen LogP contribution in [0.2, 0.25) is 0 Å². The molecule has 1 aliphatic rings. The second-order valence-electron chi connectivity index (χ2n) is 8.03. The maximum atomic E-state index is 13.2. The van der Waals surface area contributed by atoms with Crippen LogP contribution in [0.25, 0.3) is 0 Å². The van der Waals surface area contributed by atoms with Crippen molar-refractivity contribution in [3.8, 4) is 0 Å². The summed E-state index contributed by atoms with van der Waals surface area (Å²) in [5, 5.41) is 6.85. The number of benzene rings is 1. The summed E-state index contributed by atoms with van der Waals surface area (Å²) >= 11 is 0. The number of esters is 1. The van der Waals surface area contributed by atoms with Crippen molar-refractivity contribution in [1.82, 2.24) is 5.32 Å². The van der Waals surface area contributed by atoms with Crippen LogP contribution in [0.15, 0.2) is 35.5 Å². The summed E-state index contributed by atoms with van der Waals surface area (Å²) in [6.07, 6.45) is -3.00. The Bertz CT molecular complexity index is 876. The molecule has 0 saturated heterocycles. The molecule has 0 fully saturated rings. The van der Waals surface area contributed by atoms with Crippen molar-refractivity contribution in [3.63, 3.8) is 0 Å². The number of rotatable bonds is 1. The molecule has 0 atom stereocenters. The van der Waals surface area contributed by atoms with Gasteiger partial charge < -0.3 is 14.9 Å². The van der Waals surface area contributed by atoms with Crippen LogP contribution in [-0.4, -0.2) is 37.8 Å². The number of nitrogens with zero attached hydrogens (tertiary/aromatic N) is 1. The molecule has 0 saturated carbocycles. The molecule has 0 radical (unpaired) electrons. The smallest absolute Gasteiger partial charge is 0.416 e. The number of ether oxygens (including phenoxy) is 1. The first-order valence-corrected chi connectivity index (χ1v) is 9.89. The largest absolute Gasteiger partial charge is 0.462 e. The van der Waals surface area contributed by atoms with Crippen LogP contribution in [0, 0.1) is 5.41 Å². The van der Waals surface area contributed by atoms with Crippen LogP contribution in [-0.2, 0) is 27.0 Å². The summed E-state index contributed by atoms with van der Waals surface area (Å²) in [4.78, 5) is 30.0. The third kappa shape index (κ3) is 6.57. The number of carbonyl (C=O) groups is 2. The van der Waals surface area contributed by atoms with Crippen LogP contribution in [0.5, 0.6) is 0 Å². The van der Waals surface area contributed by atoms with Crippen LogP contribution < -0.4 is 5.32 Å². The summed E-state index contributed by atoms with van der Waals surface area (Å²) in [6.45, 7) is 7.75. The van der Waals surface area contributed by atoms with Gasteiger partial charge in [-0.2, -0.15) is 13.2 Å². The summed E-state index contributed by atoms with van der Waals surface area (Å²) < 4.78 is 44.8. The SMILES string of the molecule is C=C1Cc2cc(C(F)(F)F)ccc2C(=O)NCC(C)(C)/C(=N/OC)CCCCOC1=O. The van der Waals surface area contributed by atoms with Gasteiger partial charge in [0.2, 0.25) is 0 Å². The number of hydrogen-bond donors (Lipinski definition) is 1. The van der Waals surface area contributed by atoms with E-state index in [1.807, 2.05) is 13.8 Å². The Hall–Kier alpha value is -2.84. The van der Waals surface area contributed by atoms with E-state index in [1.165, 1.54) is 7.11 Å². The molecule has 2 rings (SSSR count). The number of fused-ring (bicyclic) bond motifs is 1. The van der Waals surface area contributed by atoms with E-state index in [0.717, 1.165) is 18.2 Å². The number of amides is 1. The van der Waals surface area contributed by atoms with Crippen molar-refractivity contribution >= 4 is 17.6 Å². The zero-order chi connectivity index (χ0) is 23.2. The Morgan fingerprint density at radius 3 is 2.58 bits per heavy atom. The zero-order valence-corrected chi connectivity index (χ0v) is 17.9. The molecule has 0 spiro atoms. The van der Waals surface area contributed by atoms with Crippen LogP contribution >= 0.6 is 0 Å². The second kappa shape index (κ2) is 9.98. The number of nitrogens with one attached hydrogen (secondary N) is 1. The number of cyclic esters (lactones) is 1. The van der Waals surface area contributed by atoms with Crippen molar-refractivity contribution in [2.75, 3.05) is 20.3 Å². The quantitative estimate of drug-likeness (QED) is 0.402. The first-order valence-electron chi connectivity index (χ1n) is 9.89. The van der Waals surface area contributed by atoms with Crippen molar-refractivity contribution in [2.24, 2.45) is 10.6 Å². The third-order valence-electron chi connectivity index (χ3n) is 5.08. The Kier molecular flexibility index (Phi) is 7.86. The molecule has 6 nitrogen and oxygen atoms in total. The third-order valence-corrected chi connectivity index (χ3v) is 5.08. The maximum absolute atomic E-state index is 13.2. The molecule has 1 amide bonds. The second-order valence-corrected chi connectivity index (χ2v) is 8.03. The van der Waals surface area contributed by atoms with E-state index in [2.05, 4.69) is 17.1 Å². The molecule has 0 aliphatic carbocycles. The van der Waals surface area contributed by atoms with Gasteiger partial charge in [-0.3, -0.25) is 4.79 Å². The zero-order valence-electron chi connectivity index (χ0n) is 17.9. The highest BCUT2D eigenvalue weighted by Crippen LogP contribution is 2.31. The predicted octanol–water partition coefficient (Wildman–Crippen LogP) is 4.29. The van der Waals surface area contributed by atoms with Gasteiger partial charge in [0, 0.05) is 29.5 Å². The molecule has 170 valence electrons. The maximum Gasteiger partial charge on any atom is 0.416 e. The number of halogens is 3. The summed E-state index contributed by atoms with van der Waals surface area (Å²) in [6, 6.07) is 2.83. The van der Waals surface area contributed by atoms with Gasteiger partial charge in [0.25, 0.3) is 5.91 Å². The van der Waals surface area contributed by atoms with E-state index in [0.29, 0.717) is 25.0 Å². The molecule has 0 bridgehead atoms. The number of alkyl halides is 3. The molecule has 31 heavy (non-hydrogen) atoms. The molecule has 1 N–H and O–H groups in total. The van der Waals surface area contributed by atoms with Crippen molar-refractivity contribution in [2.45, 2.75) is 45.7 Å². The molecule has 1 aliphatic heterocycles. The summed E-state index contributed by atoms with van der Waals surface area (Å²) in [7, 11) is 1.43. The topological polar surface area (TPSA) is 77.0 Å². The van der Waals surface area contributed by atoms with E-state index >= 15 is 0 Å². The van der Waals surface area contributed by atoms with Crippen molar-refractivity contribution < 1.29 is 32.3 Å². The lowest BCUT2D eigenvalue weighted by atomic mass is 9.84. The normalized spacial score (nSPS) is 20.2. The van der Waals surface area contributed by atoms with Gasteiger partial charge in [-0.25, -0.2) is 4.79 Å². The van der Waals surface area contributed by atoms with Gasteiger partial charge in [0.05, 0.1) is 17.9 Å². The Morgan fingerprint density at radius 1 is 1.23 bits per heavy atom. The van der Waals surface area contributed by atoms with E-state index in [-0.39, 0.29) is 36.3 Å². The first-order chi connectivity index (χ1) is 14.5. The van der Waals surface area contributed by atoms with Gasteiger partial charge >= 0.3 is 12.1 Å². The Labute approximate surface area is 179 Å². The van der Waals surface area contributed by atoms with Crippen molar-refractivity contribution in [1.29, 1.82) is 0 Å². The first kappa shape index (κ1) is 24.4. The average Bonchev–Trinajstić information content (AvgIpc) is 2.69. The fourth-order valence-electron chi connectivity index (χ4n) is 3.22. The lowest BCUT2D eigenvalue weighted by Crippen LogP contribution is -2.39. The molecule has 1 heterocycles. The minimum atomic E-state index is -4.59. The molecule has 1 aromatic rings. The van der Waals surface area contributed by atoms with E-state index in [1.54, 1.807) is 0 Å². The Morgan fingerprint density at radius 2 is 1.94 bits per heavy atom. The number of oxime groups is 1. The fourth-order valence-corrected chi connectivity index (χ4v) is 3.22. The molecule has 0 aromatic heterocycles. The lowest BCUT2D eigenvalue weighted by molar-refractivity contribution is -0.139. The highest BCUT2D eigenvalue weighted by molar-refractivity contribution is 5.97. The molecular formula is C22H27F3N2O4. The molecule has 9 heteroatoms. The standard InChI is InChI=1S/C22H27F3N2O4/c1-14-11-15-12-16(22(23,24)25)8-9-17(15)19(28)26-13-21(2,3)18(27-30-4)7-5-6-10-31-20(14)29/h8-9,12H,1,5-7,10-11,13H2,2-4H3,(H,26,28)/b27-18+. The van der Waals surface area contributed by atoms with E-state index in [4.69, 9.17) is 9.57 Å². The highest BCUT2D eigenvalue weighted by Gasteiger charge is 2.32. The summed E-state index contributed by atoms with van der Waals surface area (Å²) in [5.41, 5.74) is -0.685. The van der Waals surface area contributed by atoms with Gasteiger partial charge in [0.15, 0.2) is 0 Å². The summed E-state index contributed by atoms with van der Waals surface area (Å²) in [5.74, 6) is -1.26. The fraction of sp³-hybridized carbons (Fsp3) is 0.500. The van der Waals surface area contributed by atoms with Gasteiger partial charge in [-0.05, 0) is 43.0 Å². The van der Waals surface area contributed by atoms with Gasteiger partial charge in [-0.15, -0.1) is 0 Å². The monoisotopic (exact) mass is 440 g/mol. The van der Waals surface area contributed by atoms with Crippen LogP contribution in [0.4, 0.5) is 13.2 Å². The van der Waals surface area contributed by atoms with Crippen LogP contribution in [0.3, 0.4) is 0 Å². The lowest BCUT2D eigenvalue weighted by Gasteiger charge is -2.27. The minimum absolute atomic E-state index is 0.0230. The number of carbonyl (C=O) groups excluding carboxylic acids is 2. The Balaban J connectivity index is 2.44. The van der Waals surface area contributed by atoms with E-state index < -0.39 is 29.0 Å². The van der Waals surface area contributed by atoms with Gasteiger partial charge in [-0.1, -0.05) is 25.6 Å². The molecule has 0 unspecified atom stereocenters. The molecular weight excluding hydrogens is 413 g/mol. The van der Waals surface area contributed by atoms with E-state index in [9.17, 15) is 22.8 Å². The minimum Gasteiger partial charge on any atom is -0.462 e. The highest BCUT2D eigenvalue weighted by atomic mass is 19.4. The van der Waals surface area contributed by atoms with Gasteiger partial charge in [0.1, 0.15) is 7.11 Å².